The van der Waals surface area contributed by atoms with E-state index in [2.05, 4.69) is 35.9 Å². The molecule has 1 fully saturated rings. The van der Waals surface area contributed by atoms with Crippen molar-refractivity contribution in [2.45, 2.75) is 38.1 Å². The van der Waals surface area contributed by atoms with Gasteiger partial charge in [0.2, 0.25) is 0 Å². The number of aromatic amines is 1. The molecule has 1 aliphatic rings. The van der Waals surface area contributed by atoms with E-state index >= 15 is 0 Å². The molecule has 6 heteroatoms. The molecule has 1 saturated carbocycles. The standard InChI is InChI=1S/C13H16BrN5/c1-2-8(15)13-16-6-5-9(17-13)10-11(14)19-12(18-10)7-3-4-7/h5-8H,2-4,15H2,1H3,(H,18,19)/t8-/m0/s1. The Bertz CT molecular complexity index is 590. The first-order valence-electron chi connectivity index (χ1n) is 6.53. The van der Waals surface area contributed by atoms with Gasteiger partial charge in [-0.3, -0.25) is 0 Å². The lowest BCUT2D eigenvalue weighted by molar-refractivity contribution is 0.649. The lowest BCUT2D eigenvalue weighted by atomic mass is 10.2. The van der Waals surface area contributed by atoms with Gasteiger partial charge in [-0.15, -0.1) is 0 Å². The minimum atomic E-state index is -0.124. The van der Waals surface area contributed by atoms with Crippen molar-refractivity contribution in [2.75, 3.05) is 0 Å². The average molecular weight is 322 g/mol. The zero-order chi connectivity index (χ0) is 13.4. The second-order valence-corrected chi connectivity index (χ2v) is 5.67. The van der Waals surface area contributed by atoms with E-state index < -0.39 is 0 Å². The van der Waals surface area contributed by atoms with Crippen LogP contribution in [0, 0.1) is 0 Å². The number of H-pyrrole nitrogens is 1. The number of imidazole rings is 1. The Kier molecular flexibility index (Phi) is 3.36. The first kappa shape index (κ1) is 12.7. The minimum Gasteiger partial charge on any atom is -0.336 e. The molecule has 5 nitrogen and oxygen atoms in total. The Morgan fingerprint density at radius 1 is 1.47 bits per heavy atom. The van der Waals surface area contributed by atoms with E-state index in [9.17, 15) is 0 Å². The van der Waals surface area contributed by atoms with Crippen LogP contribution in [-0.4, -0.2) is 19.9 Å². The van der Waals surface area contributed by atoms with Crippen molar-refractivity contribution in [3.05, 3.63) is 28.5 Å². The number of rotatable bonds is 4. The van der Waals surface area contributed by atoms with Crippen molar-refractivity contribution in [1.82, 2.24) is 19.9 Å². The summed E-state index contributed by atoms with van der Waals surface area (Å²) in [4.78, 5) is 16.7. The maximum Gasteiger partial charge on any atom is 0.145 e. The van der Waals surface area contributed by atoms with Gasteiger partial charge in [-0.1, -0.05) is 6.92 Å². The fourth-order valence-electron chi connectivity index (χ4n) is 1.96. The molecule has 0 unspecified atom stereocenters. The maximum absolute atomic E-state index is 5.98. The van der Waals surface area contributed by atoms with Gasteiger partial charge in [-0.05, 0) is 41.3 Å². The SMILES string of the molecule is CC[C@H](N)c1nccc(-c2nc(C3CC3)[nH]c2Br)n1. The molecule has 100 valence electrons. The van der Waals surface area contributed by atoms with Crippen LogP contribution in [0.4, 0.5) is 0 Å². The van der Waals surface area contributed by atoms with Gasteiger partial charge in [0.05, 0.1) is 11.7 Å². The molecule has 2 aromatic heterocycles. The highest BCUT2D eigenvalue weighted by Crippen LogP contribution is 2.40. The van der Waals surface area contributed by atoms with Crippen LogP contribution < -0.4 is 5.73 Å². The molecular weight excluding hydrogens is 306 g/mol. The number of nitrogens with zero attached hydrogens (tertiary/aromatic N) is 3. The van der Waals surface area contributed by atoms with Crippen molar-refractivity contribution < 1.29 is 0 Å². The van der Waals surface area contributed by atoms with Crippen molar-refractivity contribution in [2.24, 2.45) is 5.73 Å². The molecule has 0 saturated heterocycles. The van der Waals surface area contributed by atoms with E-state index in [4.69, 9.17) is 5.73 Å². The molecule has 3 N–H and O–H groups in total. The topological polar surface area (TPSA) is 80.5 Å². The van der Waals surface area contributed by atoms with Crippen LogP contribution in [0.3, 0.4) is 0 Å². The number of hydrogen-bond acceptors (Lipinski definition) is 4. The van der Waals surface area contributed by atoms with E-state index in [-0.39, 0.29) is 6.04 Å². The Balaban J connectivity index is 1.96. The molecule has 2 aromatic rings. The summed E-state index contributed by atoms with van der Waals surface area (Å²) in [6.07, 6.45) is 4.99. The van der Waals surface area contributed by atoms with E-state index in [0.717, 1.165) is 28.2 Å². The molecular formula is C13H16BrN5. The molecule has 0 aromatic carbocycles. The predicted molar refractivity (Wildman–Crippen MR) is 76.5 cm³/mol. The molecule has 0 radical (unpaired) electrons. The highest BCUT2D eigenvalue weighted by molar-refractivity contribution is 9.10. The maximum atomic E-state index is 5.98. The summed E-state index contributed by atoms with van der Waals surface area (Å²) < 4.78 is 0.879. The smallest absolute Gasteiger partial charge is 0.145 e. The number of hydrogen-bond donors (Lipinski definition) is 2. The Labute approximate surface area is 120 Å². The summed E-state index contributed by atoms with van der Waals surface area (Å²) >= 11 is 3.52. The van der Waals surface area contributed by atoms with Gasteiger partial charge in [0, 0.05) is 12.1 Å². The molecule has 0 amide bonds. The van der Waals surface area contributed by atoms with Gasteiger partial charge in [-0.2, -0.15) is 0 Å². The first-order valence-corrected chi connectivity index (χ1v) is 7.32. The summed E-state index contributed by atoms with van der Waals surface area (Å²) in [6.45, 7) is 2.02. The third-order valence-corrected chi connectivity index (χ3v) is 3.90. The number of halogens is 1. The van der Waals surface area contributed by atoms with E-state index in [1.165, 1.54) is 12.8 Å². The van der Waals surface area contributed by atoms with E-state index in [1.807, 2.05) is 13.0 Å². The van der Waals surface area contributed by atoms with Crippen LogP contribution in [0.15, 0.2) is 16.9 Å². The van der Waals surface area contributed by atoms with Crippen LogP contribution in [0.2, 0.25) is 0 Å². The highest BCUT2D eigenvalue weighted by atomic mass is 79.9. The molecule has 2 heterocycles. The molecule has 3 rings (SSSR count). The Hall–Kier alpha value is -1.27. The predicted octanol–water partition coefficient (Wildman–Crippen LogP) is 2.92. The summed E-state index contributed by atoms with van der Waals surface area (Å²) in [6, 6.07) is 1.74. The van der Waals surface area contributed by atoms with Crippen molar-refractivity contribution in [3.63, 3.8) is 0 Å². The van der Waals surface area contributed by atoms with E-state index in [0.29, 0.717) is 11.7 Å². The van der Waals surface area contributed by atoms with Gasteiger partial charge in [0.1, 0.15) is 21.9 Å². The Morgan fingerprint density at radius 3 is 2.95 bits per heavy atom. The molecule has 1 aliphatic carbocycles. The second kappa shape index (κ2) is 5.02. The van der Waals surface area contributed by atoms with Gasteiger partial charge in [0.15, 0.2) is 0 Å². The van der Waals surface area contributed by atoms with Gasteiger partial charge in [0.25, 0.3) is 0 Å². The third kappa shape index (κ3) is 2.55. The second-order valence-electron chi connectivity index (χ2n) is 4.87. The summed E-state index contributed by atoms with van der Waals surface area (Å²) in [5.41, 5.74) is 7.63. The lowest BCUT2D eigenvalue weighted by Gasteiger charge is -2.07. The van der Waals surface area contributed by atoms with Crippen LogP contribution in [0.1, 0.15) is 49.8 Å². The van der Waals surface area contributed by atoms with E-state index in [1.54, 1.807) is 6.20 Å². The zero-order valence-electron chi connectivity index (χ0n) is 10.7. The van der Waals surface area contributed by atoms with Crippen molar-refractivity contribution in [3.8, 4) is 11.4 Å². The number of nitrogens with two attached hydrogens (primary N) is 1. The number of aromatic nitrogens is 4. The van der Waals surface area contributed by atoms with Crippen molar-refractivity contribution in [1.29, 1.82) is 0 Å². The molecule has 0 spiro atoms. The van der Waals surface area contributed by atoms with Gasteiger partial charge < -0.3 is 10.7 Å². The summed E-state index contributed by atoms with van der Waals surface area (Å²) in [5.74, 6) is 2.30. The van der Waals surface area contributed by atoms with Crippen LogP contribution in [0.25, 0.3) is 11.4 Å². The summed E-state index contributed by atoms with van der Waals surface area (Å²) in [7, 11) is 0. The zero-order valence-corrected chi connectivity index (χ0v) is 12.3. The highest BCUT2D eigenvalue weighted by Gasteiger charge is 2.28. The summed E-state index contributed by atoms with van der Waals surface area (Å²) in [5, 5.41) is 0. The minimum absolute atomic E-state index is 0.124. The largest absolute Gasteiger partial charge is 0.336 e. The van der Waals surface area contributed by atoms with Crippen LogP contribution >= 0.6 is 15.9 Å². The quantitative estimate of drug-likeness (QED) is 0.907. The lowest BCUT2D eigenvalue weighted by Crippen LogP contribution is -2.13. The first-order chi connectivity index (χ1) is 9.19. The normalized spacial score (nSPS) is 16.6. The molecule has 0 aliphatic heterocycles. The van der Waals surface area contributed by atoms with Crippen LogP contribution in [-0.2, 0) is 0 Å². The fourth-order valence-corrected chi connectivity index (χ4v) is 2.45. The van der Waals surface area contributed by atoms with Gasteiger partial charge in [-0.25, -0.2) is 15.0 Å². The van der Waals surface area contributed by atoms with Crippen molar-refractivity contribution >= 4 is 15.9 Å². The molecule has 19 heavy (non-hydrogen) atoms. The fraction of sp³-hybridized carbons (Fsp3) is 0.462. The third-order valence-electron chi connectivity index (χ3n) is 3.33. The van der Waals surface area contributed by atoms with Gasteiger partial charge >= 0.3 is 0 Å². The molecule has 1 atom stereocenters. The molecule has 0 bridgehead atoms. The Morgan fingerprint density at radius 2 is 2.26 bits per heavy atom. The monoisotopic (exact) mass is 321 g/mol. The number of nitrogens with one attached hydrogen (secondary N) is 1. The average Bonchev–Trinajstić information content (AvgIpc) is 3.21. The van der Waals surface area contributed by atoms with Crippen LogP contribution in [0.5, 0.6) is 0 Å².